The van der Waals surface area contributed by atoms with Gasteiger partial charge in [-0.2, -0.15) is 0 Å². The second-order valence-corrected chi connectivity index (χ2v) is 5.94. The third kappa shape index (κ3) is 4.16. The van der Waals surface area contributed by atoms with E-state index in [1.807, 2.05) is 61.6 Å². The molecule has 110 valence electrons. The number of halogens is 1. The second kappa shape index (κ2) is 7.38. The highest BCUT2D eigenvalue weighted by Gasteiger charge is 2.22. The van der Waals surface area contributed by atoms with E-state index in [0.29, 0.717) is 13.1 Å². The molecule has 0 aliphatic rings. The molecule has 1 unspecified atom stereocenters. The van der Waals surface area contributed by atoms with Gasteiger partial charge in [0.05, 0.1) is 5.92 Å². The highest BCUT2D eigenvalue weighted by Crippen LogP contribution is 2.19. The molecule has 0 saturated heterocycles. The molecular formula is C17H19BrN2O. The lowest BCUT2D eigenvalue weighted by molar-refractivity contribution is -0.131. The zero-order valence-electron chi connectivity index (χ0n) is 12.0. The van der Waals surface area contributed by atoms with Crippen LogP contribution in [-0.2, 0) is 11.3 Å². The monoisotopic (exact) mass is 346 g/mol. The average Bonchev–Trinajstić information content (AvgIpc) is 2.49. The first-order valence-corrected chi connectivity index (χ1v) is 7.65. The van der Waals surface area contributed by atoms with Crippen molar-refractivity contribution in [3.8, 4) is 0 Å². The topological polar surface area (TPSA) is 46.3 Å². The smallest absolute Gasteiger partial charge is 0.231 e. The Hall–Kier alpha value is -1.65. The summed E-state index contributed by atoms with van der Waals surface area (Å²) in [5.41, 5.74) is 7.86. The minimum Gasteiger partial charge on any atom is -0.341 e. The molecule has 0 aliphatic heterocycles. The molecule has 4 heteroatoms. The summed E-state index contributed by atoms with van der Waals surface area (Å²) in [6.45, 7) is 0.882. The van der Waals surface area contributed by atoms with Gasteiger partial charge in [-0.1, -0.05) is 58.4 Å². The van der Waals surface area contributed by atoms with Gasteiger partial charge in [0.1, 0.15) is 0 Å². The summed E-state index contributed by atoms with van der Waals surface area (Å²) in [5.74, 6) is -0.243. The van der Waals surface area contributed by atoms with Crippen LogP contribution in [-0.4, -0.2) is 24.4 Å². The van der Waals surface area contributed by atoms with Crippen molar-refractivity contribution in [2.75, 3.05) is 13.6 Å². The molecular weight excluding hydrogens is 328 g/mol. The van der Waals surface area contributed by atoms with Crippen LogP contribution in [0.25, 0.3) is 0 Å². The van der Waals surface area contributed by atoms with E-state index in [9.17, 15) is 4.79 Å². The molecule has 0 heterocycles. The highest BCUT2D eigenvalue weighted by molar-refractivity contribution is 9.10. The van der Waals surface area contributed by atoms with E-state index in [1.165, 1.54) is 0 Å². The minimum atomic E-state index is -0.289. The van der Waals surface area contributed by atoms with E-state index >= 15 is 0 Å². The zero-order valence-corrected chi connectivity index (χ0v) is 13.6. The molecule has 0 radical (unpaired) electrons. The van der Waals surface area contributed by atoms with Crippen LogP contribution in [0.2, 0.25) is 0 Å². The molecule has 1 atom stereocenters. The van der Waals surface area contributed by atoms with Crippen molar-refractivity contribution in [3.63, 3.8) is 0 Å². The van der Waals surface area contributed by atoms with E-state index in [1.54, 1.807) is 4.90 Å². The number of nitrogens with two attached hydrogens (primary N) is 1. The van der Waals surface area contributed by atoms with E-state index in [4.69, 9.17) is 5.73 Å². The number of hydrogen-bond donors (Lipinski definition) is 1. The summed E-state index contributed by atoms with van der Waals surface area (Å²) in [6.07, 6.45) is 0. The number of benzene rings is 2. The zero-order chi connectivity index (χ0) is 15.2. The maximum Gasteiger partial charge on any atom is 0.231 e. The Balaban J connectivity index is 2.10. The summed E-state index contributed by atoms with van der Waals surface area (Å²) in [7, 11) is 1.81. The Morgan fingerprint density at radius 3 is 2.52 bits per heavy atom. The Kier molecular flexibility index (Phi) is 5.53. The summed E-state index contributed by atoms with van der Waals surface area (Å²) >= 11 is 3.44. The van der Waals surface area contributed by atoms with Gasteiger partial charge in [-0.15, -0.1) is 0 Å². The predicted molar refractivity (Wildman–Crippen MR) is 88.9 cm³/mol. The van der Waals surface area contributed by atoms with Crippen LogP contribution in [0.3, 0.4) is 0 Å². The van der Waals surface area contributed by atoms with Crippen molar-refractivity contribution in [2.45, 2.75) is 12.5 Å². The molecule has 0 aliphatic carbocycles. The van der Waals surface area contributed by atoms with Crippen molar-refractivity contribution in [3.05, 3.63) is 70.2 Å². The Bertz CT molecular complexity index is 601. The van der Waals surface area contributed by atoms with E-state index in [0.717, 1.165) is 15.6 Å². The molecule has 2 aromatic carbocycles. The first kappa shape index (κ1) is 15.7. The number of hydrogen-bond acceptors (Lipinski definition) is 2. The van der Waals surface area contributed by atoms with Gasteiger partial charge >= 0.3 is 0 Å². The predicted octanol–water partition coefficient (Wildman–Crippen LogP) is 3.15. The number of amides is 1. The molecule has 21 heavy (non-hydrogen) atoms. The molecule has 0 spiro atoms. The van der Waals surface area contributed by atoms with Gasteiger partial charge in [0.25, 0.3) is 0 Å². The van der Waals surface area contributed by atoms with Crippen LogP contribution in [0.15, 0.2) is 59.1 Å². The van der Waals surface area contributed by atoms with E-state index in [2.05, 4.69) is 15.9 Å². The van der Waals surface area contributed by atoms with Gasteiger partial charge in [-0.05, 0) is 23.3 Å². The van der Waals surface area contributed by atoms with Crippen LogP contribution in [0.5, 0.6) is 0 Å². The van der Waals surface area contributed by atoms with Crippen LogP contribution < -0.4 is 5.73 Å². The Morgan fingerprint density at radius 2 is 1.90 bits per heavy atom. The molecule has 2 N–H and O–H groups in total. The average molecular weight is 347 g/mol. The van der Waals surface area contributed by atoms with Crippen molar-refractivity contribution in [2.24, 2.45) is 5.73 Å². The summed E-state index contributed by atoms with van der Waals surface area (Å²) in [6, 6.07) is 17.7. The molecule has 0 fully saturated rings. The Morgan fingerprint density at radius 1 is 1.19 bits per heavy atom. The quantitative estimate of drug-likeness (QED) is 0.903. The standard InChI is InChI=1S/C17H19BrN2O/c1-20(12-13-6-5-9-15(18)10-13)17(21)16(11-19)14-7-3-2-4-8-14/h2-10,16H,11-12,19H2,1H3. The fraction of sp³-hybridized carbons (Fsp3) is 0.235. The van der Waals surface area contributed by atoms with Crippen molar-refractivity contribution < 1.29 is 4.79 Å². The number of nitrogens with zero attached hydrogens (tertiary/aromatic N) is 1. The van der Waals surface area contributed by atoms with E-state index < -0.39 is 0 Å². The number of rotatable bonds is 5. The van der Waals surface area contributed by atoms with Crippen LogP contribution in [0.4, 0.5) is 0 Å². The molecule has 0 aromatic heterocycles. The Labute approximate surface area is 133 Å². The fourth-order valence-corrected chi connectivity index (χ4v) is 2.76. The third-order valence-electron chi connectivity index (χ3n) is 3.42. The number of carbonyl (C=O) groups is 1. The van der Waals surface area contributed by atoms with Gasteiger partial charge in [0.15, 0.2) is 0 Å². The van der Waals surface area contributed by atoms with Crippen molar-refractivity contribution in [1.82, 2.24) is 4.90 Å². The van der Waals surface area contributed by atoms with Crippen LogP contribution in [0.1, 0.15) is 17.0 Å². The summed E-state index contributed by atoms with van der Waals surface area (Å²) in [5, 5.41) is 0. The third-order valence-corrected chi connectivity index (χ3v) is 3.91. The normalized spacial score (nSPS) is 12.0. The SMILES string of the molecule is CN(Cc1cccc(Br)c1)C(=O)C(CN)c1ccccc1. The molecule has 0 saturated carbocycles. The lowest BCUT2D eigenvalue weighted by Gasteiger charge is -2.23. The van der Waals surface area contributed by atoms with Crippen LogP contribution in [0, 0.1) is 0 Å². The number of carbonyl (C=O) groups excluding carboxylic acids is 1. The maximum absolute atomic E-state index is 12.6. The van der Waals surface area contributed by atoms with E-state index in [-0.39, 0.29) is 11.8 Å². The van der Waals surface area contributed by atoms with Gasteiger partial charge in [-0.3, -0.25) is 4.79 Å². The largest absolute Gasteiger partial charge is 0.341 e. The summed E-state index contributed by atoms with van der Waals surface area (Å²) in [4.78, 5) is 14.3. The number of likely N-dealkylation sites (N-methyl/N-ethyl adjacent to an activating group) is 1. The van der Waals surface area contributed by atoms with Crippen LogP contribution >= 0.6 is 15.9 Å². The maximum atomic E-state index is 12.6. The molecule has 1 amide bonds. The lowest BCUT2D eigenvalue weighted by atomic mass is 9.97. The minimum absolute atomic E-state index is 0.0451. The molecule has 0 bridgehead atoms. The summed E-state index contributed by atoms with van der Waals surface area (Å²) < 4.78 is 1.01. The van der Waals surface area contributed by atoms with Crippen molar-refractivity contribution >= 4 is 21.8 Å². The first-order valence-electron chi connectivity index (χ1n) is 6.86. The van der Waals surface area contributed by atoms with Gasteiger partial charge in [0.2, 0.25) is 5.91 Å². The van der Waals surface area contributed by atoms with Gasteiger partial charge in [-0.25, -0.2) is 0 Å². The molecule has 2 rings (SSSR count). The van der Waals surface area contributed by atoms with Gasteiger partial charge in [0, 0.05) is 24.6 Å². The molecule has 2 aromatic rings. The second-order valence-electron chi connectivity index (χ2n) is 5.02. The van der Waals surface area contributed by atoms with Gasteiger partial charge < -0.3 is 10.6 Å². The fourth-order valence-electron chi connectivity index (χ4n) is 2.32. The molecule has 3 nitrogen and oxygen atoms in total. The van der Waals surface area contributed by atoms with Crippen molar-refractivity contribution in [1.29, 1.82) is 0 Å². The first-order chi connectivity index (χ1) is 10.1. The highest BCUT2D eigenvalue weighted by atomic mass is 79.9. The lowest BCUT2D eigenvalue weighted by Crippen LogP contribution is -2.34.